The molecule has 0 N–H and O–H groups in total. The quantitative estimate of drug-likeness (QED) is 0.778. The van der Waals surface area contributed by atoms with E-state index in [0.717, 1.165) is 12.2 Å². The number of hydrogen-bond acceptors (Lipinski definition) is 3. The standard InChI is InChI=1S/C6H12N4.C6H6/c1-4-6-7-8-9-10(6)5(2)3;1-2-4-6-5-3-1/h5H,4H2,1-3H3;1-6H. The second kappa shape index (κ2) is 6.71. The lowest BCUT2D eigenvalue weighted by Crippen LogP contribution is -2.07. The lowest BCUT2D eigenvalue weighted by atomic mass is 10.4. The van der Waals surface area contributed by atoms with Crippen LogP contribution in [0.1, 0.15) is 32.6 Å². The maximum atomic E-state index is 3.86. The van der Waals surface area contributed by atoms with Gasteiger partial charge in [0.1, 0.15) is 0 Å². The number of aromatic nitrogens is 4. The number of nitrogens with zero attached hydrogens (tertiary/aromatic N) is 4. The van der Waals surface area contributed by atoms with Gasteiger partial charge in [-0.2, -0.15) is 0 Å². The molecule has 0 radical (unpaired) electrons. The maximum Gasteiger partial charge on any atom is 0.151 e. The normalized spacial score (nSPS) is 9.75. The van der Waals surface area contributed by atoms with Crippen molar-refractivity contribution in [2.24, 2.45) is 0 Å². The number of hydrogen-bond donors (Lipinski definition) is 0. The van der Waals surface area contributed by atoms with Crippen LogP contribution in [-0.4, -0.2) is 20.2 Å². The minimum atomic E-state index is 0.366. The first-order valence-electron chi connectivity index (χ1n) is 5.52. The summed E-state index contributed by atoms with van der Waals surface area (Å²) in [6.07, 6.45) is 0.894. The molecule has 0 unspecified atom stereocenters. The van der Waals surface area contributed by atoms with Gasteiger partial charge in [-0.25, -0.2) is 4.68 Å². The number of tetrazole rings is 1. The fourth-order valence-electron chi connectivity index (χ4n) is 1.23. The molecule has 0 saturated heterocycles. The molecule has 16 heavy (non-hydrogen) atoms. The van der Waals surface area contributed by atoms with Gasteiger partial charge in [0, 0.05) is 6.42 Å². The number of benzene rings is 1. The summed E-state index contributed by atoms with van der Waals surface area (Å²) in [7, 11) is 0. The molecule has 1 heterocycles. The summed E-state index contributed by atoms with van der Waals surface area (Å²) in [5, 5.41) is 11.3. The average Bonchev–Trinajstić information content (AvgIpc) is 2.80. The highest BCUT2D eigenvalue weighted by atomic mass is 15.5. The number of aryl methyl sites for hydroxylation is 1. The van der Waals surface area contributed by atoms with Gasteiger partial charge in [0.25, 0.3) is 0 Å². The van der Waals surface area contributed by atoms with Crippen molar-refractivity contribution in [1.82, 2.24) is 20.2 Å². The van der Waals surface area contributed by atoms with E-state index in [2.05, 4.69) is 29.4 Å². The van der Waals surface area contributed by atoms with E-state index in [9.17, 15) is 0 Å². The molecule has 0 aliphatic heterocycles. The monoisotopic (exact) mass is 218 g/mol. The van der Waals surface area contributed by atoms with Gasteiger partial charge in [-0.15, -0.1) is 5.10 Å². The molecule has 0 saturated carbocycles. The van der Waals surface area contributed by atoms with Crippen molar-refractivity contribution in [2.45, 2.75) is 33.2 Å². The number of rotatable bonds is 2. The van der Waals surface area contributed by atoms with Crippen LogP contribution in [-0.2, 0) is 6.42 Å². The van der Waals surface area contributed by atoms with E-state index in [-0.39, 0.29) is 0 Å². The van der Waals surface area contributed by atoms with E-state index in [0.29, 0.717) is 6.04 Å². The van der Waals surface area contributed by atoms with Gasteiger partial charge in [-0.3, -0.25) is 0 Å². The topological polar surface area (TPSA) is 43.6 Å². The fraction of sp³-hybridized carbons (Fsp3) is 0.417. The van der Waals surface area contributed by atoms with Crippen LogP contribution in [0.15, 0.2) is 36.4 Å². The summed E-state index contributed by atoms with van der Waals surface area (Å²) in [4.78, 5) is 0. The fourth-order valence-corrected chi connectivity index (χ4v) is 1.23. The molecular weight excluding hydrogens is 200 g/mol. The van der Waals surface area contributed by atoms with Crippen molar-refractivity contribution < 1.29 is 0 Å². The van der Waals surface area contributed by atoms with Crippen LogP contribution in [0, 0.1) is 0 Å². The molecule has 0 amide bonds. The maximum absolute atomic E-state index is 3.86. The molecular formula is C12H18N4. The van der Waals surface area contributed by atoms with Gasteiger partial charge < -0.3 is 0 Å². The Morgan fingerprint density at radius 2 is 1.56 bits per heavy atom. The molecule has 0 spiro atoms. The average molecular weight is 218 g/mol. The Hall–Kier alpha value is -1.71. The van der Waals surface area contributed by atoms with E-state index in [4.69, 9.17) is 0 Å². The van der Waals surface area contributed by atoms with E-state index in [1.807, 2.05) is 48.0 Å². The van der Waals surface area contributed by atoms with Gasteiger partial charge in [-0.1, -0.05) is 43.3 Å². The second-order valence-corrected chi connectivity index (χ2v) is 3.64. The molecule has 0 fully saturated rings. The van der Waals surface area contributed by atoms with Crippen LogP contribution < -0.4 is 0 Å². The Balaban J connectivity index is 0.000000181. The van der Waals surface area contributed by atoms with Crippen molar-refractivity contribution in [3.63, 3.8) is 0 Å². The molecule has 0 aliphatic carbocycles. The van der Waals surface area contributed by atoms with Crippen LogP contribution in [0.4, 0.5) is 0 Å². The Kier molecular flexibility index (Phi) is 5.19. The highest BCUT2D eigenvalue weighted by Crippen LogP contribution is 2.03. The van der Waals surface area contributed by atoms with E-state index >= 15 is 0 Å². The smallest absolute Gasteiger partial charge is 0.151 e. The van der Waals surface area contributed by atoms with Crippen LogP contribution in [0.2, 0.25) is 0 Å². The summed E-state index contributed by atoms with van der Waals surface area (Å²) < 4.78 is 1.83. The third kappa shape index (κ3) is 3.81. The van der Waals surface area contributed by atoms with Crippen LogP contribution in [0.3, 0.4) is 0 Å². The molecule has 86 valence electrons. The van der Waals surface area contributed by atoms with Gasteiger partial charge in [0.05, 0.1) is 6.04 Å². The van der Waals surface area contributed by atoms with Crippen LogP contribution in [0.25, 0.3) is 0 Å². The first-order chi connectivity index (χ1) is 7.75. The zero-order valence-corrected chi connectivity index (χ0v) is 10.0. The first kappa shape index (κ1) is 12.4. The van der Waals surface area contributed by atoms with Crippen LogP contribution >= 0.6 is 0 Å². The zero-order valence-electron chi connectivity index (χ0n) is 10.0. The van der Waals surface area contributed by atoms with Crippen molar-refractivity contribution >= 4 is 0 Å². The lowest BCUT2D eigenvalue weighted by molar-refractivity contribution is 0.495. The SMILES string of the molecule is CCc1nnnn1C(C)C.c1ccccc1. The molecule has 1 aromatic carbocycles. The Labute approximate surface area is 96.3 Å². The van der Waals surface area contributed by atoms with Crippen molar-refractivity contribution in [3.8, 4) is 0 Å². The summed E-state index contributed by atoms with van der Waals surface area (Å²) >= 11 is 0. The minimum absolute atomic E-state index is 0.366. The summed E-state index contributed by atoms with van der Waals surface area (Å²) in [6, 6.07) is 12.4. The molecule has 0 aliphatic rings. The Bertz CT molecular complexity index is 354. The molecule has 0 atom stereocenters. The van der Waals surface area contributed by atoms with Crippen molar-refractivity contribution in [3.05, 3.63) is 42.2 Å². The van der Waals surface area contributed by atoms with Crippen molar-refractivity contribution in [1.29, 1.82) is 0 Å². The third-order valence-corrected chi connectivity index (χ3v) is 2.03. The lowest BCUT2D eigenvalue weighted by Gasteiger charge is -2.04. The molecule has 2 aromatic rings. The zero-order chi connectivity index (χ0) is 11.8. The summed E-state index contributed by atoms with van der Waals surface area (Å²) in [5.41, 5.74) is 0. The van der Waals surface area contributed by atoms with Crippen LogP contribution in [0.5, 0.6) is 0 Å². The minimum Gasteiger partial charge on any atom is -0.227 e. The highest BCUT2D eigenvalue weighted by Gasteiger charge is 2.04. The molecule has 0 bridgehead atoms. The summed E-state index contributed by atoms with van der Waals surface area (Å²) in [5.74, 6) is 0.954. The molecule has 4 nitrogen and oxygen atoms in total. The van der Waals surface area contributed by atoms with Gasteiger partial charge in [0.15, 0.2) is 5.82 Å². The largest absolute Gasteiger partial charge is 0.227 e. The second-order valence-electron chi connectivity index (χ2n) is 3.64. The predicted molar refractivity (Wildman–Crippen MR) is 64.0 cm³/mol. The van der Waals surface area contributed by atoms with E-state index in [1.54, 1.807) is 0 Å². The van der Waals surface area contributed by atoms with Crippen molar-refractivity contribution in [2.75, 3.05) is 0 Å². The third-order valence-electron chi connectivity index (χ3n) is 2.03. The molecule has 2 rings (SSSR count). The van der Waals surface area contributed by atoms with Gasteiger partial charge >= 0.3 is 0 Å². The molecule has 1 aromatic heterocycles. The van der Waals surface area contributed by atoms with Gasteiger partial charge in [-0.05, 0) is 24.3 Å². The first-order valence-corrected chi connectivity index (χ1v) is 5.52. The molecule has 4 heteroatoms. The Morgan fingerprint density at radius 3 is 1.88 bits per heavy atom. The predicted octanol–water partition coefficient (Wildman–Crippen LogP) is 2.50. The van der Waals surface area contributed by atoms with Gasteiger partial charge in [0.2, 0.25) is 0 Å². The summed E-state index contributed by atoms with van der Waals surface area (Å²) in [6.45, 7) is 6.18. The van der Waals surface area contributed by atoms with E-state index < -0.39 is 0 Å². The highest BCUT2D eigenvalue weighted by molar-refractivity contribution is 4.99. The van der Waals surface area contributed by atoms with E-state index in [1.165, 1.54) is 0 Å². The Morgan fingerprint density at radius 1 is 1.06 bits per heavy atom.